The second-order valence-electron chi connectivity index (χ2n) is 4.41. The van der Waals surface area contributed by atoms with Gasteiger partial charge in [-0.3, -0.25) is 0 Å². The van der Waals surface area contributed by atoms with Crippen LogP contribution in [0.1, 0.15) is 34.6 Å². The normalized spacial score (nSPS) is 12.7. The number of carbonyl (C=O) groups excluding carboxylic acids is 1. The molecule has 0 aliphatic heterocycles. The zero-order chi connectivity index (χ0) is 12.3. The zero-order valence-electron chi connectivity index (χ0n) is 9.62. The van der Waals surface area contributed by atoms with E-state index in [4.69, 9.17) is 0 Å². The van der Waals surface area contributed by atoms with E-state index >= 15 is 0 Å². The van der Waals surface area contributed by atoms with E-state index in [1.165, 1.54) is 0 Å². The highest BCUT2D eigenvalue weighted by Gasteiger charge is 2.22. The van der Waals surface area contributed by atoms with Gasteiger partial charge in [-0.15, -0.1) is 0 Å². The molecule has 0 aromatic carbocycles. The van der Waals surface area contributed by atoms with Gasteiger partial charge in [-0.25, -0.2) is 9.52 Å². The lowest BCUT2D eigenvalue weighted by molar-refractivity contribution is 0.121. The molecule has 15 heavy (non-hydrogen) atoms. The summed E-state index contributed by atoms with van der Waals surface area (Å²) in [7, 11) is -3.86. The van der Waals surface area contributed by atoms with Gasteiger partial charge in [0.15, 0.2) is 0 Å². The largest absolute Gasteiger partial charge is 0.446 e. The summed E-state index contributed by atoms with van der Waals surface area (Å²) in [6.07, 6.45) is -1.35. The third-order valence-corrected chi connectivity index (χ3v) is 2.32. The summed E-state index contributed by atoms with van der Waals surface area (Å²) in [5.74, 6) is 0. The standard InChI is InChI=1S/C8H18N2O4S/c1-6(2)14-7(11)9-15(12,13)10-8(3,4)5/h6,10H,1-5H3,(H,9,11). The number of nitrogens with one attached hydrogen (secondary N) is 2. The Morgan fingerprint density at radius 2 is 1.73 bits per heavy atom. The van der Waals surface area contributed by atoms with Crippen LogP contribution in [-0.2, 0) is 14.9 Å². The lowest BCUT2D eigenvalue weighted by atomic mass is 10.1. The van der Waals surface area contributed by atoms with E-state index in [-0.39, 0.29) is 6.10 Å². The molecule has 0 aliphatic carbocycles. The van der Waals surface area contributed by atoms with E-state index in [0.717, 1.165) is 0 Å². The lowest BCUT2D eigenvalue weighted by Crippen LogP contribution is -2.49. The third-order valence-electron chi connectivity index (χ3n) is 1.00. The van der Waals surface area contributed by atoms with Gasteiger partial charge in [0.2, 0.25) is 0 Å². The van der Waals surface area contributed by atoms with Crippen LogP contribution in [0.3, 0.4) is 0 Å². The molecule has 0 heterocycles. The monoisotopic (exact) mass is 238 g/mol. The highest BCUT2D eigenvalue weighted by molar-refractivity contribution is 7.88. The zero-order valence-corrected chi connectivity index (χ0v) is 10.4. The second-order valence-corrected chi connectivity index (χ2v) is 5.83. The first-order valence-corrected chi connectivity index (χ1v) is 6.02. The molecule has 0 unspecified atom stereocenters. The maximum atomic E-state index is 11.3. The van der Waals surface area contributed by atoms with E-state index in [9.17, 15) is 13.2 Å². The molecule has 0 bridgehead atoms. The predicted octanol–water partition coefficient (Wildman–Crippen LogP) is 0.754. The molecule has 0 spiro atoms. The number of amides is 1. The topological polar surface area (TPSA) is 84.5 Å². The fourth-order valence-electron chi connectivity index (χ4n) is 0.776. The van der Waals surface area contributed by atoms with Gasteiger partial charge in [-0.2, -0.15) is 13.1 Å². The Morgan fingerprint density at radius 1 is 1.27 bits per heavy atom. The molecule has 90 valence electrons. The van der Waals surface area contributed by atoms with Gasteiger partial charge in [0.25, 0.3) is 0 Å². The summed E-state index contributed by atoms with van der Waals surface area (Å²) >= 11 is 0. The first-order valence-electron chi connectivity index (χ1n) is 4.54. The van der Waals surface area contributed by atoms with Crippen molar-refractivity contribution < 1.29 is 17.9 Å². The van der Waals surface area contributed by atoms with Gasteiger partial charge in [0.1, 0.15) is 0 Å². The minimum Gasteiger partial charge on any atom is -0.446 e. The molecule has 2 N–H and O–H groups in total. The Labute approximate surface area is 90.6 Å². The van der Waals surface area contributed by atoms with Gasteiger partial charge < -0.3 is 4.74 Å². The van der Waals surface area contributed by atoms with E-state index < -0.39 is 21.8 Å². The van der Waals surface area contributed by atoms with Crippen LogP contribution < -0.4 is 9.44 Å². The van der Waals surface area contributed by atoms with Crippen LogP contribution in [0.4, 0.5) is 4.79 Å². The van der Waals surface area contributed by atoms with Crippen molar-refractivity contribution in [2.24, 2.45) is 0 Å². The third kappa shape index (κ3) is 8.19. The van der Waals surface area contributed by atoms with Crippen LogP contribution in [0, 0.1) is 0 Å². The summed E-state index contributed by atoms with van der Waals surface area (Å²) in [5, 5.41) is 0. The van der Waals surface area contributed by atoms with Gasteiger partial charge in [0, 0.05) is 5.54 Å². The molecule has 7 heteroatoms. The van der Waals surface area contributed by atoms with Gasteiger partial charge in [0.05, 0.1) is 6.10 Å². The van der Waals surface area contributed by atoms with E-state index in [0.29, 0.717) is 0 Å². The van der Waals surface area contributed by atoms with Crippen molar-refractivity contribution in [2.75, 3.05) is 0 Å². The van der Waals surface area contributed by atoms with Gasteiger partial charge in [-0.05, 0) is 34.6 Å². The number of hydrogen-bond donors (Lipinski definition) is 2. The van der Waals surface area contributed by atoms with Crippen LogP contribution in [-0.4, -0.2) is 26.2 Å². The van der Waals surface area contributed by atoms with Crippen molar-refractivity contribution in [1.29, 1.82) is 0 Å². The summed E-state index contributed by atoms with van der Waals surface area (Å²) in [6, 6.07) is 0. The fourth-order valence-corrected chi connectivity index (χ4v) is 1.90. The average Bonchev–Trinajstić information content (AvgIpc) is 1.73. The molecule has 0 aromatic rings. The SMILES string of the molecule is CC(C)OC(=O)NS(=O)(=O)NC(C)(C)C. The molecule has 0 saturated heterocycles. The molecule has 0 atom stereocenters. The first kappa shape index (κ1) is 14.2. The lowest BCUT2D eigenvalue weighted by Gasteiger charge is -2.20. The van der Waals surface area contributed by atoms with Crippen molar-refractivity contribution in [3.8, 4) is 0 Å². The van der Waals surface area contributed by atoms with Gasteiger partial charge in [-0.1, -0.05) is 0 Å². The highest BCUT2D eigenvalue weighted by Crippen LogP contribution is 2.00. The number of ether oxygens (including phenoxy) is 1. The fraction of sp³-hybridized carbons (Fsp3) is 0.875. The average molecular weight is 238 g/mol. The maximum absolute atomic E-state index is 11.3. The predicted molar refractivity (Wildman–Crippen MR) is 56.6 cm³/mol. The van der Waals surface area contributed by atoms with Crippen LogP contribution in [0.2, 0.25) is 0 Å². The maximum Gasteiger partial charge on any atom is 0.422 e. The molecule has 0 saturated carbocycles. The summed E-state index contributed by atoms with van der Waals surface area (Å²) in [5.41, 5.74) is -0.649. The number of carbonyl (C=O) groups is 1. The molecule has 1 amide bonds. The van der Waals surface area contributed by atoms with Crippen LogP contribution >= 0.6 is 0 Å². The first-order chi connectivity index (χ1) is 6.52. The van der Waals surface area contributed by atoms with Crippen LogP contribution in [0.25, 0.3) is 0 Å². The Morgan fingerprint density at radius 3 is 2.07 bits per heavy atom. The minimum atomic E-state index is -3.86. The van der Waals surface area contributed by atoms with Gasteiger partial charge >= 0.3 is 16.3 Å². The quantitative estimate of drug-likeness (QED) is 0.760. The Balaban J connectivity index is 4.34. The Kier molecular flexibility index (Phi) is 4.54. The van der Waals surface area contributed by atoms with E-state index in [1.807, 2.05) is 0 Å². The molecule has 0 radical (unpaired) electrons. The summed E-state index contributed by atoms with van der Waals surface area (Å²) in [4.78, 5) is 11.0. The van der Waals surface area contributed by atoms with Crippen molar-refractivity contribution in [1.82, 2.24) is 9.44 Å². The molecule has 6 nitrogen and oxygen atoms in total. The van der Waals surface area contributed by atoms with Crippen LogP contribution in [0.15, 0.2) is 0 Å². The highest BCUT2D eigenvalue weighted by atomic mass is 32.2. The number of rotatable bonds is 3. The molecule has 0 aliphatic rings. The number of hydrogen-bond acceptors (Lipinski definition) is 4. The Bertz CT molecular complexity index is 316. The summed E-state index contributed by atoms with van der Waals surface area (Å²) in [6.45, 7) is 8.26. The smallest absolute Gasteiger partial charge is 0.422 e. The van der Waals surface area contributed by atoms with Crippen molar-refractivity contribution in [3.63, 3.8) is 0 Å². The minimum absolute atomic E-state index is 0.366. The molecular weight excluding hydrogens is 220 g/mol. The Hall–Kier alpha value is -0.820. The van der Waals surface area contributed by atoms with E-state index in [2.05, 4.69) is 9.46 Å². The van der Waals surface area contributed by atoms with Crippen LogP contribution in [0.5, 0.6) is 0 Å². The molecule has 0 rings (SSSR count). The van der Waals surface area contributed by atoms with Crippen molar-refractivity contribution in [3.05, 3.63) is 0 Å². The van der Waals surface area contributed by atoms with Crippen molar-refractivity contribution in [2.45, 2.75) is 46.3 Å². The van der Waals surface area contributed by atoms with Crippen molar-refractivity contribution >= 4 is 16.3 Å². The summed E-state index contributed by atoms with van der Waals surface area (Å²) < 4.78 is 31.3. The second kappa shape index (κ2) is 4.80. The molecular formula is C8H18N2O4S. The molecule has 0 fully saturated rings. The molecule has 0 aromatic heterocycles. The van der Waals surface area contributed by atoms with E-state index in [1.54, 1.807) is 39.3 Å².